The summed E-state index contributed by atoms with van der Waals surface area (Å²) in [6.45, 7) is -2.18. The van der Waals surface area contributed by atoms with Gasteiger partial charge in [0.15, 0.2) is 0 Å². The molecule has 0 bridgehead atoms. The molecule has 0 aliphatic rings. The lowest BCUT2D eigenvalue weighted by Gasteiger charge is -2.14. The molecular formula is C10H9F2N3O3. The van der Waals surface area contributed by atoms with Gasteiger partial charge >= 0.3 is 0 Å². The van der Waals surface area contributed by atoms with Crippen molar-refractivity contribution in [1.29, 1.82) is 5.26 Å². The minimum absolute atomic E-state index is 0.0776. The van der Waals surface area contributed by atoms with Gasteiger partial charge in [-0.05, 0) is 12.1 Å². The number of aliphatic hydroxyl groups is 1. The molecule has 1 aromatic rings. The predicted octanol–water partition coefficient (Wildman–Crippen LogP) is 1.51. The van der Waals surface area contributed by atoms with E-state index in [0.717, 1.165) is 12.1 Å². The summed E-state index contributed by atoms with van der Waals surface area (Å²) in [5.74, 6) is -3.32. The molecule has 0 saturated heterocycles. The number of halogens is 2. The molecule has 2 N–H and O–H groups in total. The van der Waals surface area contributed by atoms with Crippen LogP contribution >= 0.6 is 0 Å². The largest absolute Gasteiger partial charge is 0.390 e. The van der Waals surface area contributed by atoms with Crippen molar-refractivity contribution in [2.75, 3.05) is 18.5 Å². The van der Waals surface area contributed by atoms with Gasteiger partial charge in [0.05, 0.1) is 11.5 Å². The quantitative estimate of drug-likeness (QED) is 0.615. The van der Waals surface area contributed by atoms with Crippen molar-refractivity contribution in [2.45, 2.75) is 5.92 Å². The molecule has 0 saturated carbocycles. The average Bonchev–Trinajstić information content (AvgIpc) is 2.36. The number of nitriles is 1. The number of benzene rings is 1. The highest BCUT2D eigenvalue weighted by Gasteiger charge is 2.27. The molecule has 1 rings (SSSR count). The topological polar surface area (TPSA) is 99.2 Å². The maximum absolute atomic E-state index is 12.7. The van der Waals surface area contributed by atoms with Crippen LogP contribution in [0.2, 0.25) is 0 Å². The van der Waals surface area contributed by atoms with Crippen LogP contribution in [0.5, 0.6) is 0 Å². The Morgan fingerprint density at radius 2 is 2.22 bits per heavy atom. The Kier molecular flexibility index (Phi) is 4.12. The number of hydrogen-bond donors (Lipinski definition) is 2. The zero-order chi connectivity index (χ0) is 13.8. The van der Waals surface area contributed by atoms with Crippen LogP contribution in [0.1, 0.15) is 5.56 Å². The second kappa shape index (κ2) is 5.37. The second-order valence-electron chi connectivity index (χ2n) is 3.47. The Hall–Kier alpha value is -2.27. The molecule has 1 aromatic carbocycles. The number of nitrogens with one attached hydrogen (secondary N) is 1. The first-order valence-electron chi connectivity index (χ1n) is 4.81. The minimum atomic E-state index is -3.32. The number of nitrogens with zero attached hydrogens (tertiary/aromatic N) is 2. The first-order valence-corrected chi connectivity index (χ1v) is 4.81. The van der Waals surface area contributed by atoms with Crippen molar-refractivity contribution < 1.29 is 18.8 Å². The maximum atomic E-state index is 12.7. The molecule has 0 aliphatic heterocycles. The van der Waals surface area contributed by atoms with E-state index in [1.165, 1.54) is 6.07 Å². The molecule has 18 heavy (non-hydrogen) atoms. The first kappa shape index (κ1) is 13.8. The van der Waals surface area contributed by atoms with Gasteiger partial charge in [0, 0.05) is 11.8 Å². The van der Waals surface area contributed by atoms with Crippen LogP contribution < -0.4 is 5.32 Å². The van der Waals surface area contributed by atoms with Crippen LogP contribution in [0.25, 0.3) is 0 Å². The van der Waals surface area contributed by atoms with Crippen LogP contribution in [0.4, 0.5) is 20.2 Å². The summed E-state index contributed by atoms with van der Waals surface area (Å²) in [6, 6.07) is 5.06. The van der Waals surface area contributed by atoms with E-state index in [1.807, 2.05) is 0 Å². The molecule has 0 spiro atoms. The summed E-state index contributed by atoms with van der Waals surface area (Å²) in [4.78, 5) is 9.86. The van der Waals surface area contributed by atoms with E-state index in [1.54, 1.807) is 6.07 Å². The second-order valence-corrected chi connectivity index (χ2v) is 3.47. The molecule has 0 aliphatic carbocycles. The highest BCUT2D eigenvalue weighted by Crippen LogP contribution is 2.23. The molecule has 0 atom stereocenters. The predicted molar refractivity (Wildman–Crippen MR) is 58.3 cm³/mol. The van der Waals surface area contributed by atoms with Crippen LogP contribution in [0.15, 0.2) is 18.2 Å². The van der Waals surface area contributed by atoms with Gasteiger partial charge in [-0.15, -0.1) is 0 Å². The minimum Gasteiger partial charge on any atom is -0.390 e. The van der Waals surface area contributed by atoms with Gasteiger partial charge in [-0.25, -0.2) is 8.78 Å². The van der Waals surface area contributed by atoms with E-state index < -0.39 is 29.7 Å². The summed E-state index contributed by atoms with van der Waals surface area (Å²) in [7, 11) is 0. The van der Waals surface area contributed by atoms with Crippen molar-refractivity contribution in [3.63, 3.8) is 0 Å². The van der Waals surface area contributed by atoms with Crippen LogP contribution in [0.3, 0.4) is 0 Å². The molecule has 0 radical (unpaired) electrons. The molecular weight excluding hydrogens is 248 g/mol. The zero-order valence-corrected chi connectivity index (χ0v) is 9.06. The smallest absolute Gasteiger partial charge is 0.289 e. The summed E-state index contributed by atoms with van der Waals surface area (Å²) in [6.07, 6.45) is 0. The lowest BCUT2D eigenvalue weighted by molar-refractivity contribution is -0.385. The van der Waals surface area contributed by atoms with E-state index in [0.29, 0.717) is 0 Å². The molecule has 0 aromatic heterocycles. The lowest BCUT2D eigenvalue weighted by Crippen LogP contribution is -2.31. The van der Waals surface area contributed by atoms with Gasteiger partial charge in [-0.2, -0.15) is 5.26 Å². The van der Waals surface area contributed by atoms with Gasteiger partial charge in [-0.1, -0.05) is 0 Å². The van der Waals surface area contributed by atoms with E-state index in [4.69, 9.17) is 10.4 Å². The number of alkyl halides is 2. The number of hydrogen-bond acceptors (Lipinski definition) is 5. The fraction of sp³-hybridized carbons (Fsp3) is 0.300. The van der Waals surface area contributed by atoms with Crippen LogP contribution in [0, 0.1) is 21.4 Å². The maximum Gasteiger partial charge on any atom is 0.289 e. The summed E-state index contributed by atoms with van der Waals surface area (Å²) in [5, 5.41) is 29.9. The first-order chi connectivity index (χ1) is 8.39. The fourth-order valence-electron chi connectivity index (χ4n) is 1.17. The number of rotatable bonds is 5. The molecule has 0 amide bonds. The van der Waals surface area contributed by atoms with Crippen LogP contribution in [-0.4, -0.2) is 29.1 Å². The van der Waals surface area contributed by atoms with E-state index in [9.17, 15) is 18.9 Å². The Bertz CT molecular complexity index is 500. The Balaban J connectivity index is 2.90. The Labute approximate surface area is 101 Å². The van der Waals surface area contributed by atoms with Crippen molar-refractivity contribution >= 4 is 11.4 Å². The molecule has 8 heteroatoms. The SMILES string of the molecule is N#Cc1ccc(NCC(F)(F)CO)cc1[N+](=O)[O-]. The highest BCUT2D eigenvalue weighted by atomic mass is 19.3. The molecule has 0 fully saturated rings. The standard InChI is InChI=1S/C10H9F2N3O3/c11-10(12,6-16)5-14-8-2-1-7(4-13)9(3-8)15(17)18/h1-3,14,16H,5-6H2. The van der Waals surface area contributed by atoms with E-state index in [2.05, 4.69) is 5.32 Å². The van der Waals surface area contributed by atoms with Gasteiger partial charge in [0.2, 0.25) is 0 Å². The summed E-state index contributed by atoms with van der Waals surface area (Å²) in [5.41, 5.74) is -0.539. The van der Waals surface area contributed by atoms with Gasteiger partial charge < -0.3 is 10.4 Å². The van der Waals surface area contributed by atoms with Crippen molar-refractivity contribution in [2.24, 2.45) is 0 Å². The number of aliphatic hydroxyl groups excluding tert-OH is 1. The summed E-state index contributed by atoms with van der Waals surface area (Å²) >= 11 is 0. The van der Waals surface area contributed by atoms with Gasteiger partial charge in [0.1, 0.15) is 18.2 Å². The Morgan fingerprint density at radius 3 is 2.72 bits per heavy atom. The lowest BCUT2D eigenvalue weighted by atomic mass is 10.1. The number of anilines is 1. The molecule has 0 unspecified atom stereocenters. The van der Waals surface area contributed by atoms with Crippen LogP contribution in [-0.2, 0) is 0 Å². The van der Waals surface area contributed by atoms with E-state index in [-0.39, 0.29) is 11.3 Å². The monoisotopic (exact) mass is 257 g/mol. The van der Waals surface area contributed by atoms with Gasteiger partial charge in [0.25, 0.3) is 11.6 Å². The Morgan fingerprint density at radius 1 is 1.56 bits per heavy atom. The van der Waals surface area contributed by atoms with E-state index >= 15 is 0 Å². The highest BCUT2D eigenvalue weighted by molar-refractivity contribution is 5.59. The molecule has 0 heterocycles. The number of nitro benzene ring substituents is 1. The zero-order valence-electron chi connectivity index (χ0n) is 9.06. The van der Waals surface area contributed by atoms with Crippen molar-refractivity contribution in [3.05, 3.63) is 33.9 Å². The molecule has 96 valence electrons. The van der Waals surface area contributed by atoms with Crippen molar-refractivity contribution in [3.8, 4) is 6.07 Å². The third-order valence-electron chi connectivity index (χ3n) is 2.10. The third-order valence-corrected chi connectivity index (χ3v) is 2.10. The average molecular weight is 257 g/mol. The normalized spacial score (nSPS) is 10.8. The fourth-order valence-corrected chi connectivity index (χ4v) is 1.17. The third kappa shape index (κ3) is 3.36. The summed E-state index contributed by atoms with van der Waals surface area (Å²) < 4.78 is 25.5. The molecule has 6 nitrogen and oxygen atoms in total. The van der Waals surface area contributed by atoms with Crippen molar-refractivity contribution in [1.82, 2.24) is 0 Å². The number of nitro groups is 1. The van der Waals surface area contributed by atoms with Gasteiger partial charge in [-0.3, -0.25) is 10.1 Å².